The highest BCUT2D eigenvalue weighted by molar-refractivity contribution is 7.91. The van der Waals surface area contributed by atoms with Crippen molar-refractivity contribution in [2.24, 2.45) is 0 Å². The molecule has 0 amide bonds. The quantitative estimate of drug-likeness (QED) is 0.818. The molecule has 2 atom stereocenters. The fourth-order valence-corrected chi connectivity index (χ4v) is 3.00. The predicted octanol–water partition coefficient (Wildman–Crippen LogP) is 2.46. The number of benzene rings is 1. The molecule has 0 saturated carbocycles. The van der Waals surface area contributed by atoms with E-state index < -0.39 is 15.9 Å². The lowest BCUT2D eigenvalue weighted by molar-refractivity contribution is 0.144. The van der Waals surface area contributed by atoms with Crippen LogP contribution in [0, 0.1) is 0 Å². The zero-order valence-electron chi connectivity index (χ0n) is 12.7. The first-order valence-electron chi connectivity index (χ1n) is 7.21. The molecule has 0 bridgehead atoms. The Hall–Kier alpha value is -1.63. The van der Waals surface area contributed by atoms with E-state index in [9.17, 15) is 13.5 Å². The SMILES string of the molecule is CCS(=O)(=O)c1ccc(C(C)NCC(O)c2ccco2)cc1. The number of aliphatic hydroxyl groups excluding tert-OH is 1. The highest BCUT2D eigenvalue weighted by Gasteiger charge is 2.14. The average molecular weight is 323 g/mol. The van der Waals surface area contributed by atoms with E-state index in [-0.39, 0.29) is 11.8 Å². The molecule has 120 valence electrons. The monoisotopic (exact) mass is 323 g/mol. The van der Waals surface area contributed by atoms with Gasteiger partial charge in [0.1, 0.15) is 11.9 Å². The number of hydrogen-bond acceptors (Lipinski definition) is 5. The van der Waals surface area contributed by atoms with Crippen LogP contribution < -0.4 is 5.32 Å². The van der Waals surface area contributed by atoms with E-state index in [1.807, 2.05) is 6.92 Å². The summed E-state index contributed by atoms with van der Waals surface area (Å²) in [6, 6.07) is 10.3. The largest absolute Gasteiger partial charge is 0.467 e. The van der Waals surface area contributed by atoms with Crippen molar-refractivity contribution in [1.82, 2.24) is 5.32 Å². The summed E-state index contributed by atoms with van der Waals surface area (Å²) in [6.45, 7) is 3.94. The van der Waals surface area contributed by atoms with Gasteiger partial charge in [-0.05, 0) is 36.8 Å². The molecule has 1 aromatic carbocycles. The first kappa shape index (κ1) is 16.7. The molecule has 2 aromatic rings. The normalized spacial score (nSPS) is 14.7. The van der Waals surface area contributed by atoms with Gasteiger partial charge in [0.25, 0.3) is 0 Å². The van der Waals surface area contributed by atoms with E-state index in [1.165, 1.54) is 6.26 Å². The maximum atomic E-state index is 11.8. The van der Waals surface area contributed by atoms with Crippen molar-refractivity contribution in [3.63, 3.8) is 0 Å². The maximum Gasteiger partial charge on any atom is 0.178 e. The number of furan rings is 1. The summed E-state index contributed by atoms with van der Waals surface area (Å²) in [7, 11) is -3.17. The first-order chi connectivity index (χ1) is 10.4. The molecular formula is C16H21NO4S. The van der Waals surface area contributed by atoms with E-state index in [1.54, 1.807) is 43.3 Å². The average Bonchev–Trinajstić information content (AvgIpc) is 3.07. The minimum atomic E-state index is -3.17. The molecule has 0 radical (unpaired) electrons. The van der Waals surface area contributed by atoms with Gasteiger partial charge in [-0.2, -0.15) is 0 Å². The summed E-state index contributed by atoms with van der Waals surface area (Å²) in [4.78, 5) is 0.335. The summed E-state index contributed by atoms with van der Waals surface area (Å²) in [5.74, 6) is 0.610. The Morgan fingerprint density at radius 1 is 1.23 bits per heavy atom. The molecule has 0 saturated heterocycles. The van der Waals surface area contributed by atoms with Crippen molar-refractivity contribution in [2.45, 2.75) is 30.9 Å². The molecule has 0 fully saturated rings. The van der Waals surface area contributed by atoms with Crippen LogP contribution in [0.4, 0.5) is 0 Å². The molecule has 22 heavy (non-hydrogen) atoms. The fourth-order valence-electron chi connectivity index (χ4n) is 2.12. The molecule has 0 aliphatic carbocycles. The molecule has 0 aliphatic heterocycles. The van der Waals surface area contributed by atoms with Crippen molar-refractivity contribution in [1.29, 1.82) is 0 Å². The Kier molecular flexibility index (Phi) is 5.39. The first-order valence-corrected chi connectivity index (χ1v) is 8.87. The van der Waals surface area contributed by atoms with E-state index in [2.05, 4.69) is 5.32 Å². The van der Waals surface area contributed by atoms with Crippen LogP contribution >= 0.6 is 0 Å². The van der Waals surface area contributed by atoms with Gasteiger partial charge in [0, 0.05) is 12.6 Å². The molecule has 5 nitrogen and oxygen atoms in total. The number of aliphatic hydroxyl groups is 1. The predicted molar refractivity (Wildman–Crippen MR) is 84.3 cm³/mol. The van der Waals surface area contributed by atoms with Crippen LogP contribution in [0.5, 0.6) is 0 Å². The van der Waals surface area contributed by atoms with Crippen LogP contribution in [0.15, 0.2) is 52.0 Å². The van der Waals surface area contributed by atoms with E-state index in [0.29, 0.717) is 17.2 Å². The minimum Gasteiger partial charge on any atom is -0.467 e. The summed E-state index contributed by atoms with van der Waals surface area (Å²) >= 11 is 0. The third-order valence-electron chi connectivity index (χ3n) is 3.61. The standard InChI is InChI=1S/C16H21NO4S/c1-3-22(19,20)14-8-6-13(7-9-14)12(2)17-11-15(18)16-5-4-10-21-16/h4-10,12,15,17-18H,3,11H2,1-2H3. The highest BCUT2D eigenvalue weighted by Crippen LogP contribution is 2.18. The van der Waals surface area contributed by atoms with Crippen LogP contribution in [-0.4, -0.2) is 25.8 Å². The molecule has 6 heteroatoms. The van der Waals surface area contributed by atoms with E-state index in [4.69, 9.17) is 4.42 Å². The van der Waals surface area contributed by atoms with Crippen LogP contribution in [0.3, 0.4) is 0 Å². The van der Waals surface area contributed by atoms with Crippen molar-refractivity contribution in [2.75, 3.05) is 12.3 Å². The number of nitrogens with one attached hydrogen (secondary N) is 1. The molecule has 0 aliphatic rings. The van der Waals surface area contributed by atoms with Gasteiger partial charge in [0.15, 0.2) is 9.84 Å². The van der Waals surface area contributed by atoms with Crippen LogP contribution in [0.2, 0.25) is 0 Å². The Balaban J connectivity index is 1.97. The van der Waals surface area contributed by atoms with Crippen molar-refractivity contribution >= 4 is 9.84 Å². The topological polar surface area (TPSA) is 79.5 Å². The van der Waals surface area contributed by atoms with Crippen molar-refractivity contribution in [3.05, 3.63) is 54.0 Å². The molecule has 2 unspecified atom stereocenters. The molecular weight excluding hydrogens is 302 g/mol. The van der Waals surface area contributed by atoms with Gasteiger partial charge in [-0.1, -0.05) is 19.1 Å². The summed E-state index contributed by atoms with van der Waals surface area (Å²) < 4.78 is 28.7. The van der Waals surface area contributed by atoms with Gasteiger partial charge in [0.05, 0.1) is 16.9 Å². The third kappa shape index (κ3) is 3.97. The second-order valence-electron chi connectivity index (χ2n) is 5.13. The Bertz CT molecular complexity index is 677. The van der Waals surface area contributed by atoms with Crippen LogP contribution in [-0.2, 0) is 9.84 Å². The van der Waals surface area contributed by atoms with Gasteiger partial charge in [0.2, 0.25) is 0 Å². The smallest absolute Gasteiger partial charge is 0.178 e. The van der Waals surface area contributed by atoms with Crippen LogP contribution in [0.25, 0.3) is 0 Å². The number of sulfone groups is 1. The second kappa shape index (κ2) is 7.09. The van der Waals surface area contributed by atoms with Gasteiger partial charge in [-0.3, -0.25) is 0 Å². The Labute approximate surface area is 130 Å². The molecule has 0 spiro atoms. The maximum absolute atomic E-state index is 11.8. The molecule has 1 heterocycles. The summed E-state index contributed by atoms with van der Waals surface area (Å²) in [6.07, 6.45) is 0.812. The number of hydrogen-bond donors (Lipinski definition) is 2. The lowest BCUT2D eigenvalue weighted by atomic mass is 10.1. The van der Waals surface area contributed by atoms with E-state index >= 15 is 0 Å². The van der Waals surface area contributed by atoms with E-state index in [0.717, 1.165) is 5.56 Å². The number of rotatable bonds is 7. The molecule has 1 aromatic heterocycles. The Morgan fingerprint density at radius 3 is 2.45 bits per heavy atom. The third-order valence-corrected chi connectivity index (χ3v) is 5.36. The van der Waals surface area contributed by atoms with Crippen molar-refractivity contribution in [3.8, 4) is 0 Å². The van der Waals surface area contributed by atoms with Crippen LogP contribution in [0.1, 0.15) is 37.3 Å². The van der Waals surface area contributed by atoms with Gasteiger partial charge >= 0.3 is 0 Å². The second-order valence-corrected chi connectivity index (χ2v) is 7.41. The van der Waals surface area contributed by atoms with Gasteiger partial charge < -0.3 is 14.8 Å². The zero-order valence-corrected chi connectivity index (χ0v) is 13.5. The lowest BCUT2D eigenvalue weighted by Gasteiger charge is -2.17. The summed E-state index contributed by atoms with van der Waals surface area (Å²) in [5.41, 5.74) is 0.960. The van der Waals surface area contributed by atoms with Gasteiger partial charge in [-0.25, -0.2) is 8.42 Å². The fraction of sp³-hybridized carbons (Fsp3) is 0.375. The zero-order chi connectivity index (χ0) is 16.2. The minimum absolute atomic E-state index is 0.0111. The molecule has 2 rings (SSSR count). The lowest BCUT2D eigenvalue weighted by Crippen LogP contribution is -2.24. The van der Waals surface area contributed by atoms with Gasteiger partial charge in [-0.15, -0.1) is 0 Å². The Morgan fingerprint density at radius 2 is 1.91 bits per heavy atom. The molecule has 2 N–H and O–H groups in total. The highest BCUT2D eigenvalue weighted by atomic mass is 32.2. The summed E-state index contributed by atoms with van der Waals surface area (Å²) in [5, 5.41) is 13.2. The van der Waals surface area contributed by atoms with Crippen molar-refractivity contribution < 1.29 is 17.9 Å².